The van der Waals surface area contributed by atoms with Crippen LogP contribution in [-0.2, 0) is 4.57 Å². The summed E-state index contributed by atoms with van der Waals surface area (Å²) >= 11 is 0. The van der Waals surface area contributed by atoms with Gasteiger partial charge in [-0.3, -0.25) is 4.57 Å². The maximum atomic E-state index is 11.7. The van der Waals surface area contributed by atoms with Gasteiger partial charge in [-0.05, 0) is 6.42 Å². The molecule has 2 nitrogen and oxygen atoms in total. The molecule has 0 aliphatic heterocycles. The van der Waals surface area contributed by atoms with Gasteiger partial charge < -0.3 is 4.89 Å². The summed E-state index contributed by atoms with van der Waals surface area (Å²) in [7, 11) is -4.18. The Morgan fingerprint density at radius 1 is 1.75 bits per heavy atom. The van der Waals surface area contributed by atoms with Crippen molar-refractivity contribution in [2.24, 2.45) is 0 Å². The third-order valence-corrected chi connectivity index (χ3v) is 1.66. The predicted octanol–water partition coefficient (Wildman–Crippen LogP) is 1.94. The highest BCUT2D eigenvalue weighted by Gasteiger charge is 2.12. The molecule has 0 aromatic rings. The van der Waals surface area contributed by atoms with Crippen LogP contribution in [-0.4, -0.2) is 11.1 Å². The van der Waals surface area contributed by atoms with Crippen molar-refractivity contribution in [3.63, 3.8) is 0 Å². The summed E-state index contributed by atoms with van der Waals surface area (Å²) in [5, 5.41) is 0. The summed E-state index contributed by atoms with van der Waals surface area (Å²) in [6, 6.07) is 0. The summed E-state index contributed by atoms with van der Waals surface area (Å²) in [5.74, 6) is 0. The van der Waals surface area contributed by atoms with E-state index in [1.807, 2.05) is 6.92 Å². The van der Waals surface area contributed by atoms with E-state index < -0.39 is 7.68 Å². The fraction of sp³-hybridized carbons (Fsp3) is 1.00. The van der Waals surface area contributed by atoms with E-state index in [-0.39, 0.29) is 6.16 Å². The van der Waals surface area contributed by atoms with Gasteiger partial charge in [0.15, 0.2) is 0 Å². The number of halogens is 1. The average Bonchev–Trinajstić information content (AvgIpc) is 1.59. The Hall–Kier alpha value is 0.120. The number of hydrogen-bond acceptors (Lipinski definition) is 1. The summed E-state index contributed by atoms with van der Waals surface area (Å²) in [6.45, 7) is 1.84. The minimum absolute atomic E-state index is 0.191. The van der Waals surface area contributed by atoms with E-state index >= 15 is 0 Å². The molecule has 0 saturated carbocycles. The first-order valence-corrected chi connectivity index (χ1v) is 4.31. The number of rotatable bonds is 3. The largest absolute Gasteiger partial charge is 0.365 e. The summed E-state index contributed by atoms with van der Waals surface area (Å²) < 4.78 is 21.5. The highest BCUT2D eigenvalue weighted by atomic mass is 31.2. The zero-order chi connectivity index (χ0) is 6.62. The van der Waals surface area contributed by atoms with Gasteiger partial charge in [-0.25, -0.2) is 0 Å². The molecule has 50 valence electrons. The molecule has 0 fully saturated rings. The lowest BCUT2D eigenvalue weighted by atomic mass is 10.4. The van der Waals surface area contributed by atoms with Crippen LogP contribution in [0.5, 0.6) is 0 Å². The van der Waals surface area contributed by atoms with Gasteiger partial charge in [0.25, 0.3) is 0 Å². The second-order valence-electron chi connectivity index (χ2n) is 1.69. The first-order valence-electron chi connectivity index (χ1n) is 2.57. The molecule has 8 heavy (non-hydrogen) atoms. The van der Waals surface area contributed by atoms with Crippen LogP contribution in [0.3, 0.4) is 0 Å². The standard InChI is InChI=1S/C4H10FO2P/c1-2-3-4-8(5,6)7/h2-4H2,1H3,(H,6,7). The van der Waals surface area contributed by atoms with Gasteiger partial charge >= 0.3 is 7.68 Å². The van der Waals surface area contributed by atoms with E-state index in [4.69, 9.17) is 4.89 Å². The fourth-order valence-electron chi connectivity index (χ4n) is 0.353. The van der Waals surface area contributed by atoms with Crippen molar-refractivity contribution >= 4 is 7.68 Å². The van der Waals surface area contributed by atoms with Crippen LogP contribution in [0, 0.1) is 0 Å². The van der Waals surface area contributed by atoms with E-state index in [9.17, 15) is 8.76 Å². The Labute approximate surface area is 48.3 Å². The zero-order valence-corrected chi connectivity index (χ0v) is 5.70. The van der Waals surface area contributed by atoms with Crippen LogP contribution in [0.2, 0.25) is 0 Å². The Balaban J connectivity index is 3.26. The second-order valence-corrected chi connectivity index (χ2v) is 3.37. The van der Waals surface area contributed by atoms with Crippen LogP contribution >= 0.6 is 7.68 Å². The highest BCUT2D eigenvalue weighted by molar-refractivity contribution is 7.52. The quantitative estimate of drug-likeness (QED) is 0.608. The fourth-order valence-corrected chi connectivity index (χ4v) is 1.06. The maximum absolute atomic E-state index is 11.7. The molecule has 0 saturated heterocycles. The first-order chi connectivity index (χ1) is 3.56. The maximum Gasteiger partial charge on any atom is 0.365 e. The average molecular weight is 140 g/mol. The molecule has 0 spiro atoms. The van der Waals surface area contributed by atoms with Crippen molar-refractivity contribution < 1.29 is 13.7 Å². The molecule has 1 atom stereocenters. The van der Waals surface area contributed by atoms with E-state index in [2.05, 4.69) is 0 Å². The van der Waals surface area contributed by atoms with Crippen LogP contribution in [0.25, 0.3) is 0 Å². The van der Waals surface area contributed by atoms with Gasteiger partial charge in [-0.15, -0.1) is 0 Å². The minimum Gasteiger partial charge on any atom is -0.321 e. The van der Waals surface area contributed by atoms with E-state index in [0.29, 0.717) is 6.42 Å². The lowest BCUT2D eigenvalue weighted by Crippen LogP contribution is -1.80. The molecule has 0 aliphatic carbocycles. The van der Waals surface area contributed by atoms with E-state index in [0.717, 1.165) is 6.42 Å². The smallest absolute Gasteiger partial charge is 0.321 e. The Morgan fingerprint density at radius 2 is 2.25 bits per heavy atom. The van der Waals surface area contributed by atoms with Crippen molar-refractivity contribution in [3.8, 4) is 0 Å². The van der Waals surface area contributed by atoms with Gasteiger partial charge in [0, 0.05) is 0 Å². The molecular weight excluding hydrogens is 130 g/mol. The second kappa shape index (κ2) is 3.21. The van der Waals surface area contributed by atoms with E-state index in [1.165, 1.54) is 0 Å². The zero-order valence-electron chi connectivity index (χ0n) is 4.80. The Kier molecular flexibility index (Phi) is 3.25. The van der Waals surface area contributed by atoms with Crippen molar-refractivity contribution in [1.82, 2.24) is 0 Å². The lowest BCUT2D eigenvalue weighted by molar-refractivity contribution is 0.427. The normalized spacial score (nSPS) is 17.9. The topological polar surface area (TPSA) is 37.3 Å². The van der Waals surface area contributed by atoms with Crippen molar-refractivity contribution in [1.29, 1.82) is 0 Å². The van der Waals surface area contributed by atoms with Crippen LogP contribution in [0.15, 0.2) is 0 Å². The molecule has 0 aromatic heterocycles. The molecule has 0 bridgehead atoms. The third kappa shape index (κ3) is 6.12. The van der Waals surface area contributed by atoms with Crippen molar-refractivity contribution in [2.45, 2.75) is 19.8 Å². The highest BCUT2D eigenvalue weighted by Crippen LogP contribution is 2.42. The van der Waals surface area contributed by atoms with Crippen LogP contribution in [0.1, 0.15) is 19.8 Å². The van der Waals surface area contributed by atoms with Gasteiger partial charge in [-0.2, -0.15) is 4.20 Å². The lowest BCUT2D eigenvalue weighted by Gasteiger charge is -1.95. The predicted molar refractivity (Wildman–Crippen MR) is 30.7 cm³/mol. The number of hydrogen-bond donors (Lipinski definition) is 1. The summed E-state index contributed by atoms with van der Waals surface area (Å²) in [6.07, 6.45) is 1.06. The minimum atomic E-state index is -4.18. The molecular formula is C4H10FO2P. The van der Waals surface area contributed by atoms with Gasteiger partial charge in [0.2, 0.25) is 0 Å². The molecule has 0 aliphatic rings. The Morgan fingerprint density at radius 3 is 2.38 bits per heavy atom. The van der Waals surface area contributed by atoms with Gasteiger partial charge in [-0.1, -0.05) is 13.3 Å². The monoisotopic (exact) mass is 140 g/mol. The molecule has 0 aromatic carbocycles. The molecule has 0 amide bonds. The van der Waals surface area contributed by atoms with Gasteiger partial charge in [0.05, 0.1) is 6.16 Å². The summed E-state index contributed by atoms with van der Waals surface area (Å²) in [4.78, 5) is 8.04. The molecule has 0 heterocycles. The molecule has 1 N–H and O–H groups in total. The van der Waals surface area contributed by atoms with Crippen LogP contribution < -0.4 is 0 Å². The van der Waals surface area contributed by atoms with Crippen molar-refractivity contribution in [2.75, 3.05) is 6.16 Å². The van der Waals surface area contributed by atoms with Gasteiger partial charge in [0.1, 0.15) is 0 Å². The molecule has 1 unspecified atom stereocenters. The summed E-state index contributed by atoms with van der Waals surface area (Å²) in [5.41, 5.74) is 0. The molecule has 0 radical (unpaired) electrons. The Bertz CT molecular complexity index is 98.2. The molecule has 4 heteroatoms. The van der Waals surface area contributed by atoms with Crippen molar-refractivity contribution in [3.05, 3.63) is 0 Å². The number of unbranched alkanes of at least 4 members (excludes halogenated alkanes) is 1. The third-order valence-electron chi connectivity index (χ3n) is 0.787. The van der Waals surface area contributed by atoms with Crippen LogP contribution in [0.4, 0.5) is 4.20 Å². The molecule has 0 rings (SSSR count). The SMILES string of the molecule is CCCCP(=O)(O)F. The van der Waals surface area contributed by atoms with E-state index in [1.54, 1.807) is 0 Å². The first kappa shape index (κ1) is 8.12.